The minimum atomic E-state index is -5.00. The number of halogens is 6. The lowest BCUT2D eigenvalue weighted by molar-refractivity contribution is -0.137. The van der Waals surface area contributed by atoms with Gasteiger partial charge in [-0.05, 0) is 54.8 Å². The third-order valence-electron chi connectivity index (χ3n) is 5.55. The summed E-state index contributed by atoms with van der Waals surface area (Å²) in [5, 5.41) is 6.41. The van der Waals surface area contributed by atoms with Crippen LogP contribution < -0.4 is 9.04 Å². The number of sulfonamides is 1. The van der Waals surface area contributed by atoms with E-state index >= 15 is 0 Å². The molecule has 1 aromatic heterocycles. The standard InChI is InChI=1S/C24H25F6N3O3S/c1-3-20(4-2)36-21-11-9-19(10-12-21)33(37(34,35)15-23(25,26)27)14-17-13-31-32-22(17)16-5-7-18(8-6-16)24(28,29)30/h5-13,20H,3-4,14-15H2,1-2H3,(H,31,32). The number of ether oxygens (including phenoxy) is 1. The molecule has 0 saturated heterocycles. The van der Waals surface area contributed by atoms with E-state index in [1.165, 1.54) is 42.6 Å². The lowest BCUT2D eigenvalue weighted by Gasteiger charge is -2.25. The average molecular weight is 550 g/mol. The second-order valence-electron chi connectivity index (χ2n) is 8.27. The molecular weight excluding hydrogens is 524 g/mol. The van der Waals surface area contributed by atoms with Crippen molar-refractivity contribution in [3.05, 3.63) is 65.9 Å². The number of aromatic amines is 1. The number of nitrogens with zero attached hydrogens (tertiary/aromatic N) is 2. The molecule has 0 saturated carbocycles. The zero-order valence-corrected chi connectivity index (χ0v) is 20.7. The Bertz CT molecular complexity index is 1270. The summed E-state index contributed by atoms with van der Waals surface area (Å²) >= 11 is 0. The van der Waals surface area contributed by atoms with E-state index in [1.54, 1.807) is 0 Å². The van der Waals surface area contributed by atoms with Crippen molar-refractivity contribution < 1.29 is 39.5 Å². The number of H-pyrrole nitrogens is 1. The molecule has 0 aliphatic heterocycles. The molecule has 0 spiro atoms. The summed E-state index contributed by atoms with van der Waals surface area (Å²) in [6, 6.07) is 9.63. The van der Waals surface area contributed by atoms with Gasteiger partial charge in [-0.1, -0.05) is 26.0 Å². The first-order valence-corrected chi connectivity index (χ1v) is 12.9. The van der Waals surface area contributed by atoms with Crippen LogP contribution in [0.3, 0.4) is 0 Å². The molecule has 6 nitrogen and oxygen atoms in total. The van der Waals surface area contributed by atoms with Crippen molar-refractivity contribution in [3.63, 3.8) is 0 Å². The fraction of sp³-hybridized carbons (Fsp3) is 0.375. The third-order valence-corrected chi connectivity index (χ3v) is 7.26. The number of nitrogens with one attached hydrogen (secondary N) is 1. The van der Waals surface area contributed by atoms with Crippen molar-refractivity contribution in [1.82, 2.24) is 10.2 Å². The van der Waals surface area contributed by atoms with E-state index in [0.29, 0.717) is 10.1 Å². The zero-order chi connectivity index (χ0) is 27.4. The van der Waals surface area contributed by atoms with Crippen LogP contribution >= 0.6 is 0 Å². The van der Waals surface area contributed by atoms with Gasteiger partial charge in [-0.3, -0.25) is 9.40 Å². The summed E-state index contributed by atoms with van der Waals surface area (Å²) in [5.41, 5.74) is -0.330. The largest absolute Gasteiger partial charge is 0.490 e. The number of benzene rings is 2. The van der Waals surface area contributed by atoms with Gasteiger partial charge in [0.25, 0.3) is 0 Å². The van der Waals surface area contributed by atoms with Gasteiger partial charge < -0.3 is 4.74 Å². The van der Waals surface area contributed by atoms with Crippen LogP contribution in [0.5, 0.6) is 5.75 Å². The molecule has 202 valence electrons. The van der Waals surface area contributed by atoms with Gasteiger partial charge in [0, 0.05) is 5.56 Å². The number of hydrogen-bond donors (Lipinski definition) is 1. The minimum Gasteiger partial charge on any atom is -0.490 e. The van der Waals surface area contributed by atoms with E-state index in [2.05, 4.69) is 10.2 Å². The molecule has 0 aliphatic rings. The van der Waals surface area contributed by atoms with Gasteiger partial charge in [-0.15, -0.1) is 0 Å². The van der Waals surface area contributed by atoms with Gasteiger partial charge in [-0.2, -0.15) is 31.4 Å². The van der Waals surface area contributed by atoms with Crippen molar-refractivity contribution in [2.75, 3.05) is 10.1 Å². The second kappa shape index (κ2) is 11.0. The van der Waals surface area contributed by atoms with Crippen molar-refractivity contribution in [1.29, 1.82) is 0 Å². The molecule has 13 heteroatoms. The van der Waals surface area contributed by atoms with E-state index in [0.717, 1.165) is 25.0 Å². The van der Waals surface area contributed by atoms with Crippen LogP contribution in [-0.4, -0.2) is 36.6 Å². The van der Waals surface area contributed by atoms with Crippen LogP contribution in [0.15, 0.2) is 54.7 Å². The Labute approximate surface area is 210 Å². The minimum absolute atomic E-state index is 0.0410. The molecule has 37 heavy (non-hydrogen) atoms. The lowest BCUT2D eigenvalue weighted by Crippen LogP contribution is -2.37. The van der Waals surface area contributed by atoms with Gasteiger partial charge in [0.15, 0.2) is 5.75 Å². The van der Waals surface area contributed by atoms with Crippen molar-refractivity contribution in [2.45, 2.75) is 51.7 Å². The highest BCUT2D eigenvalue weighted by Gasteiger charge is 2.39. The number of anilines is 1. The molecule has 0 aliphatic carbocycles. The highest BCUT2D eigenvalue weighted by molar-refractivity contribution is 7.92. The highest BCUT2D eigenvalue weighted by atomic mass is 32.2. The molecule has 0 bridgehead atoms. The molecule has 1 heterocycles. The maximum absolute atomic E-state index is 13.1. The molecule has 3 aromatic rings. The predicted molar refractivity (Wildman–Crippen MR) is 126 cm³/mol. The van der Waals surface area contributed by atoms with Crippen LogP contribution in [0.1, 0.15) is 37.8 Å². The summed E-state index contributed by atoms with van der Waals surface area (Å²) in [6.07, 6.45) is -6.94. The SMILES string of the molecule is CCC(CC)Oc1ccc(N(Cc2cn[nH]c2-c2ccc(C(F)(F)F)cc2)S(=O)(=O)CC(F)(F)F)cc1. The maximum Gasteiger partial charge on any atom is 0.416 e. The first-order valence-electron chi connectivity index (χ1n) is 11.3. The zero-order valence-electron chi connectivity index (χ0n) is 19.9. The first kappa shape index (κ1) is 28.4. The van der Waals surface area contributed by atoms with Gasteiger partial charge in [0.1, 0.15) is 5.75 Å². The highest BCUT2D eigenvalue weighted by Crippen LogP contribution is 2.33. The Kier molecular flexibility index (Phi) is 8.45. The number of aromatic nitrogens is 2. The van der Waals surface area contributed by atoms with E-state index in [1.807, 2.05) is 13.8 Å². The first-order chi connectivity index (χ1) is 17.2. The monoisotopic (exact) mass is 549 g/mol. The van der Waals surface area contributed by atoms with Crippen LogP contribution in [0.2, 0.25) is 0 Å². The smallest absolute Gasteiger partial charge is 0.416 e. The van der Waals surface area contributed by atoms with Gasteiger partial charge >= 0.3 is 12.4 Å². The number of rotatable bonds is 10. The quantitative estimate of drug-likeness (QED) is 0.291. The number of alkyl halides is 6. The summed E-state index contributed by atoms with van der Waals surface area (Å²) in [5.74, 6) is -1.67. The molecule has 0 radical (unpaired) electrons. The van der Waals surface area contributed by atoms with Crippen LogP contribution in [0, 0.1) is 0 Å². The fourth-order valence-electron chi connectivity index (χ4n) is 3.64. The molecule has 1 N–H and O–H groups in total. The fourth-order valence-corrected chi connectivity index (χ4v) is 4.98. The molecule has 0 amide bonds. The van der Waals surface area contributed by atoms with Gasteiger partial charge in [0.2, 0.25) is 10.0 Å². The normalized spacial score (nSPS) is 12.7. The molecule has 0 unspecified atom stereocenters. The van der Waals surface area contributed by atoms with E-state index in [9.17, 15) is 34.8 Å². The Morgan fingerprint density at radius 1 is 0.946 bits per heavy atom. The Balaban J connectivity index is 1.97. The second-order valence-corrected chi connectivity index (χ2v) is 10.2. The van der Waals surface area contributed by atoms with Crippen LogP contribution in [0.4, 0.5) is 32.0 Å². The summed E-state index contributed by atoms with van der Waals surface area (Å²) < 4.78 is 110. The van der Waals surface area contributed by atoms with Crippen molar-refractivity contribution >= 4 is 15.7 Å². The molecule has 0 atom stereocenters. The van der Waals surface area contributed by atoms with Gasteiger partial charge in [-0.25, -0.2) is 8.42 Å². The van der Waals surface area contributed by atoms with Crippen molar-refractivity contribution in [3.8, 4) is 17.0 Å². The summed E-state index contributed by atoms with van der Waals surface area (Å²) in [7, 11) is -4.90. The maximum atomic E-state index is 13.1. The Morgan fingerprint density at radius 2 is 1.54 bits per heavy atom. The summed E-state index contributed by atoms with van der Waals surface area (Å²) in [6.45, 7) is 3.33. The molecular formula is C24H25F6N3O3S. The molecule has 0 fully saturated rings. The van der Waals surface area contributed by atoms with Crippen LogP contribution in [-0.2, 0) is 22.7 Å². The van der Waals surface area contributed by atoms with Gasteiger partial charge in [0.05, 0.1) is 35.8 Å². The Hall–Kier alpha value is -3.22. The van der Waals surface area contributed by atoms with E-state index in [4.69, 9.17) is 4.74 Å². The average Bonchev–Trinajstić information content (AvgIpc) is 3.28. The molecule has 2 aromatic carbocycles. The van der Waals surface area contributed by atoms with Crippen LogP contribution in [0.25, 0.3) is 11.3 Å². The van der Waals surface area contributed by atoms with E-state index in [-0.39, 0.29) is 28.6 Å². The predicted octanol–water partition coefficient (Wildman–Crippen LogP) is 6.56. The topological polar surface area (TPSA) is 75.3 Å². The number of hydrogen-bond acceptors (Lipinski definition) is 4. The third kappa shape index (κ3) is 7.40. The van der Waals surface area contributed by atoms with Crippen molar-refractivity contribution in [2.24, 2.45) is 0 Å². The van der Waals surface area contributed by atoms with E-state index < -0.39 is 40.2 Å². The molecule has 3 rings (SSSR count). The lowest BCUT2D eigenvalue weighted by atomic mass is 10.1. The Morgan fingerprint density at radius 3 is 2.05 bits per heavy atom. The summed E-state index contributed by atoms with van der Waals surface area (Å²) in [4.78, 5) is 0.